The molecule has 1 aromatic carbocycles. The molecule has 2 aromatic rings. The van der Waals surface area contributed by atoms with Gasteiger partial charge in [-0.05, 0) is 17.7 Å². The molecule has 1 N–H and O–H groups in total. The van der Waals surface area contributed by atoms with Crippen LogP contribution in [0.4, 0.5) is 5.69 Å². The van der Waals surface area contributed by atoms with Gasteiger partial charge in [-0.3, -0.25) is 0 Å². The van der Waals surface area contributed by atoms with Crippen molar-refractivity contribution in [2.45, 2.75) is 6.54 Å². The first kappa shape index (κ1) is 11.6. The van der Waals surface area contributed by atoms with Crippen molar-refractivity contribution in [1.29, 1.82) is 0 Å². The van der Waals surface area contributed by atoms with E-state index in [1.165, 1.54) is 5.56 Å². The number of nitrogens with zero attached hydrogens (tertiary/aromatic N) is 3. The van der Waals surface area contributed by atoms with Crippen LogP contribution in [0.2, 0.25) is 0 Å². The number of rotatable bonds is 6. The second-order valence-corrected chi connectivity index (χ2v) is 3.71. The molecule has 0 aliphatic carbocycles. The standard InChI is InChI=1S/C12H16N4O/c1-17-7-6-14-12-4-2-11(3-5-12)8-16-10-13-9-15-16/h2-5,9-10,14H,6-8H2,1H3. The maximum Gasteiger partial charge on any atom is 0.137 e. The molecular weight excluding hydrogens is 216 g/mol. The molecule has 0 atom stereocenters. The van der Waals surface area contributed by atoms with E-state index in [0.717, 1.165) is 18.8 Å². The van der Waals surface area contributed by atoms with Gasteiger partial charge in [-0.1, -0.05) is 12.1 Å². The lowest BCUT2D eigenvalue weighted by atomic mass is 10.2. The topological polar surface area (TPSA) is 52.0 Å². The molecule has 5 heteroatoms. The Bertz CT molecular complexity index is 424. The van der Waals surface area contributed by atoms with Crippen LogP contribution in [0.1, 0.15) is 5.56 Å². The molecule has 0 unspecified atom stereocenters. The normalized spacial score (nSPS) is 10.4. The zero-order valence-corrected chi connectivity index (χ0v) is 9.84. The number of anilines is 1. The minimum atomic E-state index is 0.709. The van der Waals surface area contributed by atoms with E-state index in [0.29, 0.717) is 6.61 Å². The number of benzene rings is 1. The number of ether oxygens (including phenoxy) is 1. The van der Waals surface area contributed by atoms with Crippen molar-refractivity contribution >= 4 is 5.69 Å². The van der Waals surface area contributed by atoms with Gasteiger partial charge in [0.15, 0.2) is 0 Å². The predicted molar refractivity (Wildman–Crippen MR) is 65.9 cm³/mol. The summed E-state index contributed by atoms with van der Waals surface area (Å²) >= 11 is 0. The predicted octanol–water partition coefficient (Wildman–Crippen LogP) is 1.38. The summed E-state index contributed by atoms with van der Waals surface area (Å²) in [6, 6.07) is 8.28. The average Bonchev–Trinajstić information content (AvgIpc) is 2.85. The van der Waals surface area contributed by atoms with Crippen LogP contribution >= 0.6 is 0 Å². The quantitative estimate of drug-likeness (QED) is 0.765. The molecule has 0 saturated heterocycles. The summed E-state index contributed by atoms with van der Waals surface area (Å²) in [5, 5.41) is 7.34. The van der Waals surface area contributed by atoms with Crippen LogP contribution in [0.5, 0.6) is 0 Å². The Hall–Kier alpha value is -1.88. The Labute approximate surface area is 100 Å². The van der Waals surface area contributed by atoms with Gasteiger partial charge < -0.3 is 10.1 Å². The second kappa shape index (κ2) is 6.00. The molecule has 1 heterocycles. The van der Waals surface area contributed by atoms with Crippen molar-refractivity contribution < 1.29 is 4.74 Å². The fourth-order valence-corrected chi connectivity index (χ4v) is 1.53. The summed E-state index contributed by atoms with van der Waals surface area (Å²) in [5.41, 5.74) is 2.30. The largest absolute Gasteiger partial charge is 0.383 e. The first-order valence-electron chi connectivity index (χ1n) is 5.52. The van der Waals surface area contributed by atoms with Crippen LogP contribution < -0.4 is 5.32 Å². The first-order chi connectivity index (χ1) is 8.38. The molecule has 1 aromatic heterocycles. The molecule has 90 valence electrons. The molecule has 0 bridgehead atoms. The highest BCUT2D eigenvalue weighted by Crippen LogP contribution is 2.09. The Balaban J connectivity index is 1.89. The SMILES string of the molecule is COCCNc1ccc(Cn2cncn2)cc1. The third-order valence-corrected chi connectivity index (χ3v) is 2.40. The summed E-state index contributed by atoms with van der Waals surface area (Å²) < 4.78 is 6.78. The van der Waals surface area contributed by atoms with E-state index in [2.05, 4.69) is 39.7 Å². The van der Waals surface area contributed by atoms with E-state index in [1.807, 2.05) is 0 Å². The molecule has 0 fully saturated rings. The van der Waals surface area contributed by atoms with E-state index >= 15 is 0 Å². The van der Waals surface area contributed by atoms with Gasteiger partial charge in [0.25, 0.3) is 0 Å². The number of nitrogens with one attached hydrogen (secondary N) is 1. The van der Waals surface area contributed by atoms with Gasteiger partial charge in [0.1, 0.15) is 12.7 Å². The summed E-state index contributed by atoms with van der Waals surface area (Å²) in [6.45, 7) is 2.28. The van der Waals surface area contributed by atoms with Crippen molar-refractivity contribution in [2.24, 2.45) is 0 Å². The highest BCUT2D eigenvalue weighted by Gasteiger charge is 1.96. The van der Waals surface area contributed by atoms with Crippen molar-refractivity contribution in [2.75, 3.05) is 25.6 Å². The van der Waals surface area contributed by atoms with Crippen LogP contribution in [-0.4, -0.2) is 35.0 Å². The molecule has 0 amide bonds. The van der Waals surface area contributed by atoms with Crippen molar-refractivity contribution in [3.63, 3.8) is 0 Å². The molecular formula is C12H16N4O. The maximum atomic E-state index is 4.98. The fraction of sp³-hybridized carbons (Fsp3) is 0.333. The van der Waals surface area contributed by atoms with Gasteiger partial charge in [0, 0.05) is 19.3 Å². The van der Waals surface area contributed by atoms with Crippen LogP contribution in [-0.2, 0) is 11.3 Å². The molecule has 0 spiro atoms. The van der Waals surface area contributed by atoms with E-state index in [9.17, 15) is 0 Å². The number of aromatic nitrogens is 3. The zero-order chi connectivity index (χ0) is 11.9. The third kappa shape index (κ3) is 3.57. The van der Waals surface area contributed by atoms with Gasteiger partial charge in [-0.2, -0.15) is 5.10 Å². The van der Waals surface area contributed by atoms with Crippen molar-refractivity contribution in [1.82, 2.24) is 14.8 Å². The van der Waals surface area contributed by atoms with Gasteiger partial charge in [-0.25, -0.2) is 9.67 Å². The highest BCUT2D eigenvalue weighted by molar-refractivity contribution is 5.44. The molecule has 17 heavy (non-hydrogen) atoms. The fourth-order valence-electron chi connectivity index (χ4n) is 1.53. The average molecular weight is 232 g/mol. The monoisotopic (exact) mass is 232 g/mol. The van der Waals surface area contributed by atoms with Gasteiger partial charge in [0.2, 0.25) is 0 Å². The Kier molecular flexibility index (Phi) is 4.10. The molecule has 0 aliphatic rings. The van der Waals surface area contributed by atoms with E-state index in [4.69, 9.17) is 4.74 Å². The number of hydrogen-bond donors (Lipinski definition) is 1. The molecule has 0 saturated carbocycles. The minimum Gasteiger partial charge on any atom is -0.383 e. The lowest BCUT2D eigenvalue weighted by Gasteiger charge is -2.06. The summed E-state index contributed by atoms with van der Waals surface area (Å²) in [7, 11) is 1.70. The molecule has 5 nitrogen and oxygen atoms in total. The van der Waals surface area contributed by atoms with Crippen LogP contribution in [0.25, 0.3) is 0 Å². The highest BCUT2D eigenvalue weighted by atomic mass is 16.5. The van der Waals surface area contributed by atoms with E-state index < -0.39 is 0 Å². The summed E-state index contributed by atoms with van der Waals surface area (Å²) in [4.78, 5) is 3.91. The second-order valence-electron chi connectivity index (χ2n) is 3.71. The Morgan fingerprint density at radius 2 is 2.12 bits per heavy atom. The first-order valence-corrected chi connectivity index (χ1v) is 5.52. The Morgan fingerprint density at radius 1 is 1.29 bits per heavy atom. The Morgan fingerprint density at radius 3 is 2.76 bits per heavy atom. The van der Waals surface area contributed by atoms with Gasteiger partial charge in [-0.15, -0.1) is 0 Å². The van der Waals surface area contributed by atoms with Crippen LogP contribution in [0.3, 0.4) is 0 Å². The number of methoxy groups -OCH3 is 1. The van der Waals surface area contributed by atoms with E-state index in [1.54, 1.807) is 24.4 Å². The molecule has 0 aliphatic heterocycles. The molecule has 0 radical (unpaired) electrons. The molecule has 2 rings (SSSR count). The summed E-state index contributed by atoms with van der Waals surface area (Å²) in [5.74, 6) is 0. The van der Waals surface area contributed by atoms with Crippen molar-refractivity contribution in [3.05, 3.63) is 42.5 Å². The lowest BCUT2D eigenvalue weighted by molar-refractivity contribution is 0.211. The third-order valence-electron chi connectivity index (χ3n) is 2.40. The minimum absolute atomic E-state index is 0.709. The van der Waals surface area contributed by atoms with Crippen molar-refractivity contribution in [3.8, 4) is 0 Å². The van der Waals surface area contributed by atoms with Gasteiger partial charge >= 0.3 is 0 Å². The van der Waals surface area contributed by atoms with E-state index in [-0.39, 0.29) is 0 Å². The number of hydrogen-bond acceptors (Lipinski definition) is 4. The van der Waals surface area contributed by atoms with Crippen LogP contribution in [0.15, 0.2) is 36.9 Å². The van der Waals surface area contributed by atoms with Gasteiger partial charge in [0.05, 0.1) is 13.2 Å². The lowest BCUT2D eigenvalue weighted by Crippen LogP contribution is -2.07. The smallest absolute Gasteiger partial charge is 0.137 e. The maximum absolute atomic E-state index is 4.98. The van der Waals surface area contributed by atoms with Crippen LogP contribution in [0, 0.1) is 0 Å². The summed E-state index contributed by atoms with van der Waals surface area (Å²) in [6.07, 6.45) is 3.26. The zero-order valence-electron chi connectivity index (χ0n) is 9.84.